The molecule has 0 radical (unpaired) electrons. The van der Waals surface area contributed by atoms with Crippen molar-refractivity contribution in [1.29, 1.82) is 0 Å². The molecule has 1 amide bonds. The van der Waals surface area contributed by atoms with Gasteiger partial charge in [-0.1, -0.05) is 0 Å². The van der Waals surface area contributed by atoms with Crippen LogP contribution < -0.4 is 5.32 Å². The summed E-state index contributed by atoms with van der Waals surface area (Å²) in [6.45, 7) is 6.37. The molecule has 0 aliphatic carbocycles. The molecule has 0 aromatic carbocycles. The van der Waals surface area contributed by atoms with Crippen LogP contribution in [0.25, 0.3) is 0 Å². The second kappa shape index (κ2) is 5.85. The summed E-state index contributed by atoms with van der Waals surface area (Å²) >= 11 is 0. The molecule has 0 aromatic rings. The molecule has 0 aliphatic heterocycles. The third kappa shape index (κ3) is 4.42. The van der Waals surface area contributed by atoms with Crippen molar-refractivity contribution in [2.75, 3.05) is 0 Å². The van der Waals surface area contributed by atoms with E-state index in [0.717, 1.165) is 0 Å². The minimum atomic E-state index is -1.70. The third-order valence-electron chi connectivity index (χ3n) is 1.84. The summed E-state index contributed by atoms with van der Waals surface area (Å²) in [6, 6.07) is -0.0444. The van der Waals surface area contributed by atoms with E-state index in [-0.39, 0.29) is 11.9 Å². The molecule has 15 heavy (non-hydrogen) atoms. The number of carboxylic acid groups (broad SMARTS) is 1. The second-order valence-corrected chi connectivity index (χ2v) is 5.69. The summed E-state index contributed by atoms with van der Waals surface area (Å²) in [5, 5.41) is 9.40. The van der Waals surface area contributed by atoms with Crippen LogP contribution in [0.2, 0.25) is 0 Å². The smallest absolute Gasteiger partial charge is 0.319 e. The Hall–Kier alpha value is -0.910. The van der Waals surface area contributed by atoms with Crippen LogP contribution in [-0.4, -0.2) is 37.7 Å². The van der Waals surface area contributed by atoms with Crippen molar-refractivity contribution in [2.24, 2.45) is 0 Å². The third-order valence-corrected chi connectivity index (χ3v) is 3.65. The van der Waals surface area contributed by atoms with E-state index < -0.39 is 27.3 Å². The number of hydrogen-bond acceptors (Lipinski definition) is 3. The van der Waals surface area contributed by atoms with Crippen molar-refractivity contribution in [1.82, 2.24) is 5.32 Å². The first-order valence-electron chi connectivity index (χ1n) is 4.70. The molecule has 0 saturated heterocycles. The fraction of sp³-hybridized carbons (Fsp3) is 0.778. The van der Waals surface area contributed by atoms with Gasteiger partial charge >= 0.3 is 5.97 Å². The molecule has 0 rings (SSSR count). The Balaban J connectivity index is 4.44. The molecule has 3 unspecified atom stereocenters. The van der Waals surface area contributed by atoms with Crippen LogP contribution in [0.1, 0.15) is 27.7 Å². The Bertz CT molecular complexity index is 277. The predicted octanol–water partition coefficient (Wildman–Crippen LogP) is 0.121. The highest BCUT2D eigenvalue weighted by Crippen LogP contribution is 2.05. The van der Waals surface area contributed by atoms with Gasteiger partial charge in [-0.2, -0.15) is 0 Å². The molecular weight excluding hydrogens is 218 g/mol. The summed E-state index contributed by atoms with van der Waals surface area (Å²) in [5.74, 6) is -1.53. The van der Waals surface area contributed by atoms with Gasteiger partial charge < -0.3 is 10.4 Å². The number of aliphatic carboxylic acids is 1. The Kier molecular flexibility index (Phi) is 5.49. The van der Waals surface area contributed by atoms with Gasteiger partial charge in [-0.05, 0) is 27.7 Å². The number of carboxylic acids is 1. The van der Waals surface area contributed by atoms with Gasteiger partial charge in [0.25, 0.3) is 0 Å². The van der Waals surface area contributed by atoms with Crippen molar-refractivity contribution >= 4 is 22.7 Å². The van der Waals surface area contributed by atoms with Crippen LogP contribution in [0.3, 0.4) is 0 Å². The summed E-state index contributed by atoms with van der Waals surface area (Å²) in [7, 11) is -1.70. The first-order chi connectivity index (χ1) is 6.77. The lowest BCUT2D eigenvalue weighted by Gasteiger charge is -2.16. The van der Waals surface area contributed by atoms with Crippen LogP contribution in [-0.2, 0) is 20.4 Å². The average molecular weight is 235 g/mol. The highest BCUT2D eigenvalue weighted by Gasteiger charge is 2.28. The lowest BCUT2D eigenvalue weighted by Crippen LogP contribution is -2.42. The number of carbonyl (C=O) groups is 2. The van der Waals surface area contributed by atoms with Crippen molar-refractivity contribution in [2.45, 2.75) is 44.2 Å². The van der Waals surface area contributed by atoms with E-state index in [1.807, 2.05) is 0 Å². The lowest BCUT2D eigenvalue weighted by molar-refractivity contribution is -0.136. The van der Waals surface area contributed by atoms with E-state index in [4.69, 9.17) is 5.11 Å². The van der Waals surface area contributed by atoms with Gasteiger partial charge in [0.2, 0.25) is 5.91 Å². The van der Waals surface area contributed by atoms with Crippen molar-refractivity contribution < 1.29 is 18.9 Å². The fourth-order valence-corrected chi connectivity index (χ4v) is 2.00. The second-order valence-electron chi connectivity index (χ2n) is 3.61. The lowest BCUT2D eigenvalue weighted by atomic mass is 10.3. The number of carbonyl (C=O) groups excluding carboxylic acids is 1. The summed E-state index contributed by atoms with van der Waals surface area (Å²) < 4.78 is 11.6. The summed E-state index contributed by atoms with van der Waals surface area (Å²) in [6.07, 6.45) is 0. The Morgan fingerprint density at radius 3 is 1.93 bits per heavy atom. The summed E-state index contributed by atoms with van der Waals surface area (Å²) in [4.78, 5) is 22.0. The quantitative estimate of drug-likeness (QED) is 0.709. The maximum atomic E-state index is 11.6. The van der Waals surface area contributed by atoms with E-state index in [1.165, 1.54) is 13.8 Å². The van der Waals surface area contributed by atoms with Crippen LogP contribution in [0.5, 0.6) is 0 Å². The average Bonchev–Trinajstić information content (AvgIpc) is 2.13. The minimum Gasteiger partial charge on any atom is -0.480 e. The van der Waals surface area contributed by atoms with E-state index >= 15 is 0 Å². The monoisotopic (exact) mass is 235 g/mol. The van der Waals surface area contributed by atoms with Crippen LogP contribution in [0.4, 0.5) is 0 Å². The Labute approximate surface area is 91.7 Å². The standard InChI is InChI=1S/C9H17NO4S/c1-5(2)10-8(11)6(3)15(14)7(4)9(12)13/h5-7H,1-4H3,(H,10,11)(H,12,13). The first kappa shape index (κ1) is 14.1. The van der Waals surface area contributed by atoms with Crippen molar-refractivity contribution in [3.63, 3.8) is 0 Å². The zero-order valence-corrected chi connectivity index (χ0v) is 10.1. The van der Waals surface area contributed by atoms with Gasteiger partial charge in [-0.3, -0.25) is 13.8 Å². The zero-order chi connectivity index (χ0) is 12.2. The SMILES string of the molecule is CC(C)NC(=O)C(C)S(=O)C(C)C(=O)O. The fourth-order valence-electron chi connectivity index (χ4n) is 0.913. The van der Waals surface area contributed by atoms with Crippen LogP contribution >= 0.6 is 0 Å². The number of rotatable bonds is 5. The first-order valence-corrected chi connectivity index (χ1v) is 5.97. The molecule has 3 atom stereocenters. The van der Waals surface area contributed by atoms with Crippen LogP contribution in [0, 0.1) is 0 Å². The molecule has 88 valence electrons. The van der Waals surface area contributed by atoms with E-state index in [2.05, 4.69) is 5.32 Å². The van der Waals surface area contributed by atoms with Crippen molar-refractivity contribution in [3.8, 4) is 0 Å². The largest absolute Gasteiger partial charge is 0.480 e. The molecule has 5 nitrogen and oxygen atoms in total. The molecule has 0 spiro atoms. The normalized spacial score (nSPS) is 16.9. The van der Waals surface area contributed by atoms with Crippen molar-refractivity contribution in [3.05, 3.63) is 0 Å². The molecule has 0 heterocycles. The highest BCUT2D eigenvalue weighted by atomic mass is 32.2. The molecule has 0 aliphatic rings. The van der Waals surface area contributed by atoms with Gasteiger partial charge in [-0.15, -0.1) is 0 Å². The number of amides is 1. The Morgan fingerprint density at radius 2 is 1.60 bits per heavy atom. The molecule has 0 bridgehead atoms. The molecule has 0 saturated carbocycles. The molecule has 6 heteroatoms. The number of hydrogen-bond donors (Lipinski definition) is 2. The molecule has 0 aromatic heterocycles. The minimum absolute atomic E-state index is 0.0444. The topological polar surface area (TPSA) is 83.5 Å². The zero-order valence-electron chi connectivity index (χ0n) is 9.31. The van der Waals surface area contributed by atoms with Crippen LogP contribution in [0.15, 0.2) is 0 Å². The summed E-state index contributed by atoms with van der Waals surface area (Å²) in [5.41, 5.74) is 0. The van der Waals surface area contributed by atoms with Gasteiger partial charge in [0.15, 0.2) is 0 Å². The van der Waals surface area contributed by atoms with E-state index in [0.29, 0.717) is 0 Å². The predicted molar refractivity (Wildman–Crippen MR) is 58.0 cm³/mol. The Morgan fingerprint density at radius 1 is 1.13 bits per heavy atom. The van der Waals surface area contributed by atoms with Gasteiger partial charge in [0, 0.05) is 16.8 Å². The van der Waals surface area contributed by atoms with E-state index in [9.17, 15) is 13.8 Å². The van der Waals surface area contributed by atoms with E-state index in [1.54, 1.807) is 13.8 Å². The molecule has 0 fully saturated rings. The number of nitrogens with one attached hydrogen (secondary N) is 1. The molecular formula is C9H17NO4S. The molecule has 2 N–H and O–H groups in total. The van der Waals surface area contributed by atoms with Gasteiger partial charge in [0.1, 0.15) is 10.5 Å². The highest BCUT2D eigenvalue weighted by molar-refractivity contribution is 7.87. The maximum Gasteiger partial charge on any atom is 0.319 e. The maximum absolute atomic E-state index is 11.6. The van der Waals surface area contributed by atoms with Gasteiger partial charge in [-0.25, -0.2) is 0 Å². The van der Waals surface area contributed by atoms with Gasteiger partial charge in [0.05, 0.1) is 0 Å².